The highest BCUT2D eigenvalue weighted by atomic mass is 15.1. The van der Waals surface area contributed by atoms with Crippen molar-refractivity contribution in [3.05, 3.63) is 35.9 Å². The van der Waals surface area contributed by atoms with Gasteiger partial charge in [0.1, 0.15) is 5.54 Å². The van der Waals surface area contributed by atoms with Crippen molar-refractivity contribution in [1.29, 1.82) is 5.26 Å². The van der Waals surface area contributed by atoms with Crippen molar-refractivity contribution < 1.29 is 0 Å². The van der Waals surface area contributed by atoms with E-state index in [0.717, 1.165) is 45.3 Å². The number of nitrogens with zero attached hydrogens (tertiary/aromatic N) is 2. The van der Waals surface area contributed by atoms with Gasteiger partial charge < -0.3 is 4.90 Å². The first-order valence-electron chi connectivity index (χ1n) is 7.13. The standard InChI is InChI=1S/C16H23N3/c1-19-12-9-16(14-17,10-13-19)18-11-5-8-15-6-3-2-4-7-15/h2-4,6-7,18H,5,8-13H2,1H3. The van der Waals surface area contributed by atoms with Gasteiger partial charge in [-0.15, -0.1) is 0 Å². The molecule has 1 fully saturated rings. The molecule has 1 saturated heterocycles. The van der Waals surface area contributed by atoms with Crippen LogP contribution in [-0.4, -0.2) is 37.1 Å². The maximum Gasteiger partial charge on any atom is 0.109 e. The molecule has 3 nitrogen and oxygen atoms in total. The number of nitriles is 1. The van der Waals surface area contributed by atoms with E-state index in [1.807, 2.05) is 6.07 Å². The summed E-state index contributed by atoms with van der Waals surface area (Å²) in [6.45, 7) is 2.95. The van der Waals surface area contributed by atoms with Gasteiger partial charge in [0.25, 0.3) is 0 Å². The van der Waals surface area contributed by atoms with Gasteiger partial charge in [0.05, 0.1) is 6.07 Å². The smallest absolute Gasteiger partial charge is 0.109 e. The summed E-state index contributed by atoms with van der Waals surface area (Å²) in [7, 11) is 2.12. The summed E-state index contributed by atoms with van der Waals surface area (Å²) in [5.74, 6) is 0. The van der Waals surface area contributed by atoms with Gasteiger partial charge in [-0.1, -0.05) is 30.3 Å². The van der Waals surface area contributed by atoms with Gasteiger partial charge in [0.2, 0.25) is 0 Å². The Labute approximate surface area is 116 Å². The second-order valence-electron chi connectivity index (χ2n) is 5.51. The first kappa shape index (κ1) is 14.0. The average Bonchev–Trinajstić information content (AvgIpc) is 2.47. The molecule has 1 aliphatic rings. The zero-order valence-electron chi connectivity index (χ0n) is 11.7. The Morgan fingerprint density at radius 1 is 1.26 bits per heavy atom. The highest BCUT2D eigenvalue weighted by Crippen LogP contribution is 2.20. The number of benzene rings is 1. The Kier molecular flexibility index (Phi) is 4.95. The summed E-state index contributed by atoms with van der Waals surface area (Å²) in [4.78, 5) is 2.29. The van der Waals surface area contributed by atoms with Crippen LogP contribution < -0.4 is 5.32 Å². The SMILES string of the molecule is CN1CCC(C#N)(NCCCc2ccccc2)CC1. The summed E-state index contributed by atoms with van der Waals surface area (Å²) in [6, 6.07) is 13.0. The number of hydrogen-bond donors (Lipinski definition) is 1. The molecule has 0 atom stereocenters. The summed E-state index contributed by atoms with van der Waals surface area (Å²) in [5.41, 5.74) is 1.09. The highest BCUT2D eigenvalue weighted by Gasteiger charge is 2.32. The molecular formula is C16H23N3. The van der Waals surface area contributed by atoms with E-state index in [9.17, 15) is 5.26 Å². The van der Waals surface area contributed by atoms with Gasteiger partial charge in [0, 0.05) is 13.1 Å². The maximum absolute atomic E-state index is 9.41. The van der Waals surface area contributed by atoms with Crippen molar-refractivity contribution in [2.24, 2.45) is 0 Å². The van der Waals surface area contributed by atoms with Crippen LogP contribution in [0.25, 0.3) is 0 Å². The summed E-state index contributed by atoms with van der Waals surface area (Å²) in [5, 5.41) is 12.9. The normalized spacial score (nSPS) is 18.9. The summed E-state index contributed by atoms with van der Waals surface area (Å²) >= 11 is 0. The molecule has 0 bridgehead atoms. The van der Waals surface area contributed by atoms with Crippen LogP contribution in [0.2, 0.25) is 0 Å². The van der Waals surface area contributed by atoms with Crippen LogP contribution in [0, 0.1) is 11.3 Å². The van der Waals surface area contributed by atoms with Gasteiger partial charge in [-0.2, -0.15) is 5.26 Å². The van der Waals surface area contributed by atoms with E-state index in [0.29, 0.717) is 0 Å². The average molecular weight is 257 g/mol. The van der Waals surface area contributed by atoms with Crippen LogP contribution in [0.15, 0.2) is 30.3 Å². The Bertz CT molecular complexity index is 413. The van der Waals surface area contributed by atoms with Crippen LogP contribution in [0.1, 0.15) is 24.8 Å². The second-order valence-corrected chi connectivity index (χ2v) is 5.51. The molecule has 0 aromatic heterocycles. The van der Waals surface area contributed by atoms with Gasteiger partial charge in [-0.05, 0) is 44.8 Å². The van der Waals surface area contributed by atoms with Gasteiger partial charge in [0.15, 0.2) is 0 Å². The molecule has 1 aliphatic heterocycles. The zero-order valence-corrected chi connectivity index (χ0v) is 11.7. The van der Waals surface area contributed by atoms with E-state index in [4.69, 9.17) is 0 Å². The molecule has 1 heterocycles. The van der Waals surface area contributed by atoms with Crippen LogP contribution in [-0.2, 0) is 6.42 Å². The van der Waals surface area contributed by atoms with E-state index >= 15 is 0 Å². The molecular weight excluding hydrogens is 234 g/mol. The van der Waals surface area contributed by atoms with Crippen molar-refractivity contribution in [3.8, 4) is 6.07 Å². The Morgan fingerprint density at radius 2 is 1.95 bits per heavy atom. The van der Waals surface area contributed by atoms with E-state index in [1.165, 1.54) is 5.56 Å². The lowest BCUT2D eigenvalue weighted by Crippen LogP contribution is -2.52. The molecule has 0 amide bonds. The molecule has 0 aliphatic carbocycles. The number of nitrogens with one attached hydrogen (secondary N) is 1. The molecule has 0 saturated carbocycles. The Balaban J connectivity index is 1.74. The molecule has 102 valence electrons. The van der Waals surface area contributed by atoms with Crippen molar-refractivity contribution in [3.63, 3.8) is 0 Å². The first-order chi connectivity index (χ1) is 9.24. The minimum Gasteiger partial charge on any atom is -0.306 e. The lowest BCUT2D eigenvalue weighted by Gasteiger charge is -2.36. The molecule has 0 spiro atoms. The molecule has 0 unspecified atom stereocenters. The lowest BCUT2D eigenvalue weighted by molar-refractivity contribution is 0.195. The minimum atomic E-state index is -0.288. The fourth-order valence-corrected chi connectivity index (χ4v) is 2.59. The predicted molar refractivity (Wildman–Crippen MR) is 77.8 cm³/mol. The van der Waals surface area contributed by atoms with Crippen molar-refractivity contribution in [2.75, 3.05) is 26.7 Å². The van der Waals surface area contributed by atoms with Crippen LogP contribution in [0.3, 0.4) is 0 Å². The molecule has 1 aromatic rings. The second kappa shape index (κ2) is 6.70. The Morgan fingerprint density at radius 3 is 2.58 bits per heavy atom. The molecule has 2 rings (SSSR count). The predicted octanol–water partition coefficient (Wildman–Crippen LogP) is 2.20. The molecule has 0 radical (unpaired) electrons. The fraction of sp³-hybridized carbons (Fsp3) is 0.562. The van der Waals surface area contributed by atoms with Crippen molar-refractivity contribution >= 4 is 0 Å². The fourth-order valence-electron chi connectivity index (χ4n) is 2.59. The summed E-state index contributed by atoms with van der Waals surface area (Å²) < 4.78 is 0. The molecule has 3 heteroatoms. The van der Waals surface area contributed by atoms with Crippen LogP contribution >= 0.6 is 0 Å². The minimum absolute atomic E-state index is 0.288. The highest BCUT2D eigenvalue weighted by molar-refractivity contribution is 5.15. The van der Waals surface area contributed by atoms with Crippen molar-refractivity contribution in [1.82, 2.24) is 10.2 Å². The third kappa shape index (κ3) is 4.05. The monoisotopic (exact) mass is 257 g/mol. The van der Waals surface area contributed by atoms with Crippen LogP contribution in [0.5, 0.6) is 0 Å². The summed E-state index contributed by atoms with van der Waals surface area (Å²) in [6.07, 6.45) is 4.04. The van der Waals surface area contributed by atoms with Crippen molar-refractivity contribution in [2.45, 2.75) is 31.2 Å². The molecule has 19 heavy (non-hydrogen) atoms. The third-order valence-electron chi connectivity index (χ3n) is 4.00. The molecule has 1 N–H and O–H groups in total. The number of likely N-dealkylation sites (tertiary alicyclic amines) is 1. The van der Waals surface area contributed by atoms with E-state index < -0.39 is 0 Å². The number of aryl methyl sites for hydroxylation is 1. The largest absolute Gasteiger partial charge is 0.306 e. The van der Waals surface area contributed by atoms with E-state index in [1.54, 1.807) is 0 Å². The maximum atomic E-state index is 9.41. The third-order valence-corrected chi connectivity index (χ3v) is 4.00. The zero-order chi connectivity index (χ0) is 13.6. The number of hydrogen-bond acceptors (Lipinski definition) is 3. The van der Waals surface area contributed by atoms with Gasteiger partial charge in [-0.25, -0.2) is 0 Å². The number of piperidine rings is 1. The van der Waals surface area contributed by atoms with E-state index in [-0.39, 0.29) is 5.54 Å². The molecule has 1 aromatic carbocycles. The Hall–Kier alpha value is -1.37. The topological polar surface area (TPSA) is 39.1 Å². The van der Waals surface area contributed by atoms with Gasteiger partial charge in [-0.3, -0.25) is 5.32 Å². The van der Waals surface area contributed by atoms with Gasteiger partial charge >= 0.3 is 0 Å². The van der Waals surface area contributed by atoms with E-state index in [2.05, 4.69) is 47.6 Å². The quantitative estimate of drug-likeness (QED) is 0.822. The lowest BCUT2D eigenvalue weighted by atomic mass is 9.89. The first-order valence-corrected chi connectivity index (χ1v) is 7.13. The van der Waals surface area contributed by atoms with Crippen LogP contribution in [0.4, 0.5) is 0 Å². The number of rotatable bonds is 5.